The summed E-state index contributed by atoms with van der Waals surface area (Å²) >= 11 is 0. The molecule has 5 heteroatoms. The fourth-order valence-electron chi connectivity index (χ4n) is 2.08. The van der Waals surface area contributed by atoms with Crippen LogP contribution < -0.4 is 20.9 Å². The van der Waals surface area contributed by atoms with Crippen molar-refractivity contribution in [2.75, 3.05) is 38.7 Å². The van der Waals surface area contributed by atoms with E-state index in [-0.39, 0.29) is 0 Å². The highest BCUT2D eigenvalue weighted by molar-refractivity contribution is 5.65. The number of ether oxygens (including phenoxy) is 2. The average Bonchev–Trinajstić information content (AvgIpc) is 2.52. The summed E-state index contributed by atoms with van der Waals surface area (Å²) in [5.74, 6) is 2.24. The van der Waals surface area contributed by atoms with Crippen LogP contribution in [-0.2, 0) is 0 Å². The number of nitrogen functional groups attached to an aromatic ring is 2. The first-order valence-electron chi connectivity index (χ1n) is 7.75. The lowest BCUT2D eigenvalue weighted by Crippen LogP contribution is -2.13. The summed E-state index contributed by atoms with van der Waals surface area (Å²) in [6, 6.07) is 12.8. The lowest BCUT2D eigenvalue weighted by molar-refractivity contribution is 0.293. The molecule has 0 unspecified atom stereocenters. The Morgan fingerprint density at radius 2 is 1.48 bits per heavy atom. The van der Waals surface area contributed by atoms with Crippen LogP contribution in [0.4, 0.5) is 11.4 Å². The molecule has 0 saturated carbocycles. The Labute approximate surface area is 137 Å². The maximum atomic E-state index is 5.77. The summed E-state index contributed by atoms with van der Waals surface area (Å²) in [4.78, 5) is 2.18. The SMILES string of the molecule is CN(C)CCCCOc1ccc(Oc2ccc(N)c(N)c2)cc1. The van der Waals surface area contributed by atoms with Gasteiger partial charge in [-0.05, 0) is 69.9 Å². The van der Waals surface area contributed by atoms with Crippen molar-refractivity contribution in [2.24, 2.45) is 0 Å². The molecule has 0 atom stereocenters. The number of rotatable bonds is 8. The van der Waals surface area contributed by atoms with Crippen LogP contribution in [0.5, 0.6) is 17.2 Å². The highest BCUT2D eigenvalue weighted by Gasteiger charge is 2.01. The first kappa shape index (κ1) is 17.0. The van der Waals surface area contributed by atoms with Crippen molar-refractivity contribution in [3.63, 3.8) is 0 Å². The second kappa shape index (κ2) is 8.29. The molecule has 0 spiro atoms. The number of hydrogen-bond acceptors (Lipinski definition) is 5. The van der Waals surface area contributed by atoms with Crippen molar-refractivity contribution in [2.45, 2.75) is 12.8 Å². The van der Waals surface area contributed by atoms with Gasteiger partial charge in [0.05, 0.1) is 18.0 Å². The van der Waals surface area contributed by atoms with Gasteiger partial charge in [0.15, 0.2) is 0 Å². The van der Waals surface area contributed by atoms with Gasteiger partial charge < -0.3 is 25.8 Å². The van der Waals surface area contributed by atoms with Gasteiger partial charge in [-0.2, -0.15) is 0 Å². The van der Waals surface area contributed by atoms with Crippen LogP contribution in [0.15, 0.2) is 42.5 Å². The Morgan fingerprint density at radius 3 is 2.13 bits per heavy atom. The molecule has 0 aromatic heterocycles. The molecule has 2 rings (SSSR count). The molecule has 2 aromatic rings. The fraction of sp³-hybridized carbons (Fsp3) is 0.333. The van der Waals surface area contributed by atoms with E-state index in [1.165, 1.54) is 0 Å². The Hall–Kier alpha value is -2.40. The summed E-state index contributed by atoms with van der Waals surface area (Å²) in [5.41, 5.74) is 12.5. The van der Waals surface area contributed by atoms with Gasteiger partial charge in [0.2, 0.25) is 0 Å². The van der Waals surface area contributed by atoms with Crippen molar-refractivity contribution in [3.05, 3.63) is 42.5 Å². The van der Waals surface area contributed by atoms with Gasteiger partial charge >= 0.3 is 0 Å². The molecule has 4 N–H and O–H groups in total. The van der Waals surface area contributed by atoms with Crippen LogP contribution in [0.1, 0.15) is 12.8 Å². The zero-order chi connectivity index (χ0) is 16.7. The van der Waals surface area contributed by atoms with E-state index in [4.69, 9.17) is 20.9 Å². The van der Waals surface area contributed by atoms with Crippen LogP contribution in [0.3, 0.4) is 0 Å². The summed E-state index contributed by atoms with van der Waals surface area (Å²) in [5, 5.41) is 0. The van der Waals surface area contributed by atoms with E-state index in [1.54, 1.807) is 18.2 Å². The molecule has 0 fully saturated rings. The number of anilines is 2. The number of nitrogens with zero attached hydrogens (tertiary/aromatic N) is 1. The molecule has 23 heavy (non-hydrogen) atoms. The third kappa shape index (κ3) is 5.71. The minimum absolute atomic E-state index is 0.514. The van der Waals surface area contributed by atoms with E-state index in [2.05, 4.69) is 19.0 Å². The van der Waals surface area contributed by atoms with Gasteiger partial charge in [0.1, 0.15) is 17.2 Å². The molecule has 0 amide bonds. The van der Waals surface area contributed by atoms with Crippen LogP contribution in [-0.4, -0.2) is 32.1 Å². The first-order chi connectivity index (χ1) is 11.0. The molecular formula is C18H25N3O2. The van der Waals surface area contributed by atoms with Gasteiger partial charge in [-0.25, -0.2) is 0 Å². The molecular weight excluding hydrogens is 290 g/mol. The van der Waals surface area contributed by atoms with E-state index in [1.807, 2.05) is 24.3 Å². The van der Waals surface area contributed by atoms with E-state index in [0.29, 0.717) is 17.1 Å². The maximum Gasteiger partial charge on any atom is 0.129 e. The first-order valence-corrected chi connectivity index (χ1v) is 7.75. The van der Waals surface area contributed by atoms with Gasteiger partial charge in [-0.1, -0.05) is 0 Å². The third-order valence-corrected chi connectivity index (χ3v) is 3.39. The molecule has 0 saturated heterocycles. The van der Waals surface area contributed by atoms with Gasteiger partial charge in [0, 0.05) is 6.07 Å². The minimum Gasteiger partial charge on any atom is -0.494 e. The number of benzene rings is 2. The third-order valence-electron chi connectivity index (χ3n) is 3.39. The zero-order valence-electron chi connectivity index (χ0n) is 13.8. The van der Waals surface area contributed by atoms with Crippen molar-refractivity contribution < 1.29 is 9.47 Å². The quantitative estimate of drug-likeness (QED) is 0.577. The molecule has 5 nitrogen and oxygen atoms in total. The topological polar surface area (TPSA) is 73.7 Å². The number of unbranched alkanes of at least 4 members (excludes halogenated alkanes) is 1. The second-order valence-corrected chi connectivity index (χ2v) is 5.72. The average molecular weight is 315 g/mol. The van der Waals surface area contributed by atoms with Crippen molar-refractivity contribution in [3.8, 4) is 17.2 Å². The lowest BCUT2D eigenvalue weighted by Gasteiger charge is -2.11. The van der Waals surface area contributed by atoms with Crippen molar-refractivity contribution >= 4 is 11.4 Å². The fourth-order valence-corrected chi connectivity index (χ4v) is 2.08. The molecule has 0 aliphatic carbocycles. The van der Waals surface area contributed by atoms with E-state index in [9.17, 15) is 0 Å². The Bertz CT molecular complexity index is 612. The molecule has 0 aliphatic rings. The Morgan fingerprint density at radius 1 is 0.826 bits per heavy atom. The predicted octanol–water partition coefficient (Wildman–Crippen LogP) is 3.36. The van der Waals surface area contributed by atoms with Gasteiger partial charge in [-0.15, -0.1) is 0 Å². The highest BCUT2D eigenvalue weighted by Crippen LogP contribution is 2.27. The minimum atomic E-state index is 0.514. The predicted molar refractivity (Wildman–Crippen MR) is 95.1 cm³/mol. The van der Waals surface area contributed by atoms with Crippen molar-refractivity contribution in [1.82, 2.24) is 4.90 Å². The summed E-state index contributed by atoms with van der Waals surface area (Å²) in [6.07, 6.45) is 2.17. The molecule has 0 bridgehead atoms. The molecule has 0 radical (unpaired) electrons. The highest BCUT2D eigenvalue weighted by atomic mass is 16.5. The zero-order valence-corrected chi connectivity index (χ0v) is 13.8. The van der Waals surface area contributed by atoms with E-state index >= 15 is 0 Å². The smallest absolute Gasteiger partial charge is 0.129 e. The normalized spacial score (nSPS) is 10.7. The Kier molecular flexibility index (Phi) is 6.11. The standard InChI is InChI=1S/C18H25N3O2/c1-21(2)11-3-4-12-22-14-5-7-15(8-6-14)23-16-9-10-17(19)18(20)13-16/h5-10,13H,3-4,11-12,19-20H2,1-2H3. The molecule has 0 heterocycles. The summed E-state index contributed by atoms with van der Waals surface area (Å²) in [6.45, 7) is 1.81. The number of nitrogens with two attached hydrogens (primary N) is 2. The van der Waals surface area contributed by atoms with E-state index in [0.717, 1.165) is 37.5 Å². The lowest BCUT2D eigenvalue weighted by atomic mass is 10.2. The number of hydrogen-bond donors (Lipinski definition) is 2. The van der Waals surface area contributed by atoms with Crippen LogP contribution in [0.25, 0.3) is 0 Å². The second-order valence-electron chi connectivity index (χ2n) is 5.72. The Balaban J connectivity index is 1.81. The van der Waals surface area contributed by atoms with Crippen molar-refractivity contribution in [1.29, 1.82) is 0 Å². The maximum absolute atomic E-state index is 5.77. The monoisotopic (exact) mass is 315 g/mol. The summed E-state index contributed by atoms with van der Waals surface area (Å²) < 4.78 is 11.5. The molecule has 124 valence electrons. The molecule has 0 aliphatic heterocycles. The van der Waals surface area contributed by atoms with Gasteiger partial charge in [-0.3, -0.25) is 0 Å². The molecule has 2 aromatic carbocycles. The van der Waals surface area contributed by atoms with Crippen LogP contribution in [0.2, 0.25) is 0 Å². The van der Waals surface area contributed by atoms with E-state index < -0.39 is 0 Å². The van der Waals surface area contributed by atoms with Crippen LogP contribution >= 0.6 is 0 Å². The summed E-state index contributed by atoms with van der Waals surface area (Å²) in [7, 11) is 4.16. The van der Waals surface area contributed by atoms with Gasteiger partial charge in [0.25, 0.3) is 0 Å². The largest absolute Gasteiger partial charge is 0.494 e. The van der Waals surface area contributed by atoms with Crippen LogP contribution in [0, 0.1) is 0 Å².